The summed E-state index contributed by atoms with van der Waals surface area (Å²) >= 11 is 0. The lowest BCUT2D eigenvalue weighted by Crippen LogP contribution is -2.37. The molecule has 33 heavy (non-hydrogen) atoms. The van der Waals surface area contributed by atoms with E-state index < -0.39 is 13.9 Å². The topological polar surface area (TPSA) is 58.6 Å². The van der Waals surface area contributed by atoms with Gasteiger partial charge >= 0.3 is 5.97 Å². The van der Waals surface area contributed by atoms with Crippen molar-refractivity contribution in [2.24, 2.45) is 0 Å². The summed E-state index contributed by atoms with van der Waals surface area (Å²) in [6.07, 6.45) is 18.4. The van der Waals surface area contributed by atoms with Gasteiger partial charge in [-0.2, -0.15) is 0 Å². The molecule has 0 saturated carbocycles. The summed E-state index contributed by atoms with van der Waals surface area (Å²) in [6, 6.07) is 0. The van der Waals surface area contributed by atoms with Crippen molar-refractivity contribution in [3.8, 4) is 0 Å². The molecule has 0 aliphatic rings. The Morgan fingerprint density at radius 1 is 0.879 bits per heavy atom. The van der Waals surface area contributed by atoms with Crippen molar-refractivity contribution >= 4 is 19.5 Å². The zero-order chi connectivity index (χ0) is 25.0. The Morgan fingerprint density at radius 3 is 1.76 bits per heavy atom. The first-order valence-corrected chi connectivity index (χ1v) is 15.0. The molecule has 0 N–H and O–H groups in total. The van der Waals surface area contributed by atoms with Crippen molar-refractivity contribution in [1.29, 1.82) is 0 Å². The second-order valence-electron chi connectivity index (χ2n) is 10.5. The van der Waals surface area contributed by atoms with Gasteiger partial charge in [0.05, 0.1) is 35.0 Å². The molecule has 0 radical (unpaired) electrons. The van der Waals surface area contributed by atoms with Crippen LogP contribution in [-0.4, -0.2) is 68.9 Å². The first-order chi connectivity index (χ1) is 15.7. The first-order valence-electron chi connectivity index (χ1n) is 13.5. The highest BCUT2D eigenvalue weighted by Crippen LogP contribution is 2.16. The Hall–Kier alpha value is -0.480. The summed E-state index contributed by atoms with van der Waals surface area (Å²) in [5.41, 5.74) is 0. The van der Waals surface area contributed by atoms with E-state index in [2.05, 4.69) is 28.1 Å². The van der Waals surface area contributed by atoms with Gasteiger partial charge in [0.2, 0.25) is 0 Å². The molecule has 3 atom stereocenters. The molecule has 0 aromatic heterocycles. The third kappa shape index (κ3) is 23.1. The monoisotopic (exact) mass is 488 g/mol. The zero-order valence-corrected chi connectivity index (χ0v) is 23.7. The van der Waals surface area contributed by atoms with E-state index in [1.807, 2.05) is 6.92 Å². The highest BCUT2D eigenvalue weighted by molar-refractivity contribution is 7.50. The van der Waals surface area contributed by atoms with Crippen LogP contribution >= 0.6 is 7.77 Å². The van der Waals surface area contributed by atoms with E-state index in [4.69, 9.17) is 9.47 Å². The number of carbonyl (C=O) groups is 1. The Balaban J connectivity index is 3.87. The number of rotatable bonds is 22. The fourth-order valence-corrected chi connectivity index (χ4v) is 5.31. The molecule has 0 heterocycles. The summed E-state index contributed by atoms with van der Waals surface area (Å²) in [4.78, 5) is 23.9. The maximum absolute atomic E-state index is 12.4. The summed E-state index contributed by atoms with van der Waals surface area (Å²) in [5.74, 6) is 1.31. The van der Waals surface area contributed by atoms with Crippen molar-refractivity contribution in [2.75, 3.05) is 40.5 Å². The molecule has 0 aromatic carbocycles. The van der Waals surface area contributed by atoms with E-state index in [-0.39, 0.29) is 12.1 Å². The van der Waals surface area contributed by atoms with Gasteiger partial charge in [0, 0.05) is 13.5 Å². The Bertz CT molecular complexity index is 505. The third-order valence-electron chi connectivity index (χ3n) is 5.95. The van der Waals surface area contributed by atoms with Crippen LogP contribution in [0.1, 0.15) is 111 Å². The van der Waals surface area contributed by atoms with Gasteiger partial charge in [-0.25, -0.2) is 0 Å². The fraction of sp³-hybridized carbons (Fsp3) is 0.926. The van der Waals surface area contributed by atoms with Crippen LogP contribution < -0.4 is 4.89 Å². The second kappa shape index (κ2) is 20.9. The minimum atomic E-state index is -1.53. The van der Waals surface area contributed by atoms with Crippen molar-refractivity contribution in [2.45, 2.75) is 123 Å². The molecular weight excluding hydrogens is 433 g/mol. The SMILES string of the molecule is CCCCCCCCCCCCCCCCO[C@H](C)[C@@H](/C=[P+](\[O-])CC[N+](C)(C)C)OC(C)=O. The van der Waals surface area contributed by atoms with Crippen LogP contribution in [-0.2, 0) is 14.3 Å². The second-order valence-corrected chi connectivity index (χ2v) is 12.1. The molecule has 0 fully saturated rings. The maximum Gasteiger partial charge on any atom is 0.303 e. The minimum absolute atomic E-state index is 0.279. The number of esters is 1. The number of ether oxygens (including phenoxy) is 2. The molecule has 0 aliphatic heterocycles. The predicted octanol–water partition coefficient (Wildman–Crippen LogP) is 6.07. The minimum Gasteiger partial charge on any atom is -0.630 e. The van der Waals surface area contributed by atoms with Gasteiger partial charge in [-0.3, -0.25) is 4.79 Å². The number of hydrogen-bond donors (Lipinski definition) is 0. The maximum atomic E-state index is 12.4. The first kappa shape index (κ1) is 32.5. The van der Waals surface area contributed by atoms with Crippen molar-refractivity contribution in [3.05, 3.63) is 0 Å². The van der Waals surface area contributed by atoms with E-state index in [0.29, 0.717) is 12.8 Å². The van der Waals surface area contributed by atoms with Gasteiger partial charge in [-0.1, -0.05) is 90.4 Å². The molecule has 0 saturated heterocycles. The van der Waals surface area contributed by atoms with Crippen LogP contribution in [0.2, 0.25) is 0 Å². The highest BCUT2D eigenvalue weighted by atomic mass is 31.1. The number of quaternary nitrogens is 1. The molecule has 0 aromatic rings. The predicted molar refractivity (Wildman–Crippen MR) is 142 cm³/mol. The van der Waals surface area contributed by atoms with Crippen LogP contribution in [0.4, 0.5) is 0 Å². The van der Waals surface area contributed by atoms with Crippen molar-refractivity contribution in [1.82, 2.24) is 0 Å². The zero-order valence-electron chi connectivity index (χ0n) is 22.8. The van der Waals surface area contributed by atoms with E-state index in [1.54, 1.807) is 5.80 Å². The molecule has 0 aliphatic carbocycles. The van der Waals surface area contributed by atoms with Crippen molar-refractivity contribution in [3.63, 3.8) is 0 Å². The number of hydrogen-bond acceptors (Lipinski definition) is 4. The molecule has 0 spiro atoms. The molecular formula is C27H55NO4P+. The van der Waals surface area contributed by atoms with Crippen molar-refractivity contribution < 1.29 is 23.6 Å². The van der Waals surface area contributed by atoms with E-state index in [0.717, 1.165) is 17.4 Å². The Kier molecular flexibility index (Phi) is 20.6. The normalized spacial score (nSPS) is 14.3. The summed E-state index contributed by atoms with van der Waals surface area (Å²) in [6.45, 7) is 7.03. The smallest absolute Gasteiger partial charge is 0.303 e. The average Bonchev–Trinajstić information content (AvgIpc) is 2.73. The molecule has 0 bridgehead atoms. The summed E-state index contributed by atoms with van der Waals surface area (Å²) in [7, 11) is 4.70. The third-order valence-corrected chi connectivity index (χ3v) is 7.21. The molecule has 1 unspecified atom stereocenters. The average molecular weight is 489 g/mol. The molecule has 5 nitrogen and oxygen atoms in total. The van der Waals surface area contributed by atoms with Gasteiger partial charge in [0.1, 0.15) is 12.3 Å². The highest BCUT2D eigenvalue weighted by Gasteiger charge is 2.23. The van der Waals surface area contributed by atoms with Gasteiger partial charge in [0.25, 0.3) is 0 Å². The lowest BCUT2D eigenvalue weighted by molar-refractivity contribution is -0.867. The largest absolute Gasteiger partial charge is 0.630 e. The van der Waals surface area contributed by atoms with E-state index in [9.17, 15) is 9.69 Å². The molecule has 0 rings (SSSR count). The van der Waals surface area contributed by atoms with E-state index >= 15 is 0 Å². The standard InChI is InChI=1S/C27H55NO4P/c1-7-8-9-10-11-12-13-14-15-16-17-18-19-20-22-31-25(2)27(32-26(3)29)24-33(30)23-21-28(4,5)6/h24-25,27H,7-23H2,1-6H3/q+1/t25-,27-/m1/s1. The molecule has 6 heteroatoms. The molecule has 196 valence electrons. The quantitative estimate of drug-likeness (QED) is 0.0803. The van der Waals surface area contributed by atoms with Gasteiger partial charge in [-0.05, 0) is 13.3 Å². The Labute approximate surface area is 206 Å². The number of nitrogens with zero attached hydrogens (tertiary/aromatic N) is 1. The van der Waals surface area contributed by atoms with Gasteiger partial charge in [0.15, 0.2) is 12.3 Å². The van der Waals surface area contributed by atoms with Crippen LogP contribution in [0.3, 0.4) is 0 Å². The van der Waals surface area contributed by atoms with Crippen LogP contribution in [0.25, 0.3) is 0 Å². The summed E-state index contributed by atoms with van der Waals surface area (Å²) in [5, 5.41) is 0. The van der Waals surface area contributed by atoms with Gasteiger partial charge in [-0.15, -0.1) is 0 Å². The van der Waals surface area contributed by atoms with Crippen LogP contribution in [0, 0.1) is 0 Å². The number of unbranched alkanes of at least 4 members (excludes halogenated alkanes) is 13. The fourth-order valence-electron chi connectivity index (χ4n) is 3.74. The van der Waals surface area contributed by atoms with Crippen LogP contribution in [0.15, 0.2) is 0 Å². The lowest BCUT2D eigenvalue weighted by atomic mass is 10.0. The Morgan fingerprint density at radius 2 is 1.33 bits per heavy atom. The lowest BCUT2D eigenvalue weighted by Gasteiger charge is -2.23. The van der Waals surface area contributed by atoms with Gasteiger partial charge < -0.3 is 18.9 Å². The summed E-state index contributed by atoms with van der Waals surface area (Å²) < 4.78 is 12.1. The number of carbonyl (C=O) groups excluding carboxylic acids is 1. The van der Waals surface area contributed by atoms with E-state index in [1.165, 1.54) is 90.4 Å². The molecule has 0 amide bonds. The van der Waals surface area contributed by atoms with Crippen LogP contribution in [0.5, 0.6) is 0 Å².